The third-order valence-electron chi connectivity index (χ3n) is 7.25. The topological polar surface area (TPSA) is 115 Å². The highest BCUT2D eigenvalue weighted by Crippen LogP contribution is 2.40. The van der Waals surface area contributed by atoms with Crippen molar-refractivity contribution in [1.82, 2.24) is 20.0 Å². The minimum absolute atomic E-state index is 0.0337. The van der Waals surface area contributed by atoms with Gasteiger partial charge in [-0.1, -0.05) is 40.5 Å². The van der Waals surface area contributed by atoms with Gasteiger partial charge in [0.1, 0.15) is 31.1 Å². The quantitative estimate of drug-likeness (QED) is 0.170. The number of fused-ring (bicyclic) bond motifs is 1. The number of rotatable bonds is 7. The van der Waals surface area contributed by atoms with E-state index in [0.717, 1.165) is 30.5 Å². The lowest BCUT2D eigenvalue weighted by Gasteiger charge is -2.31. The Hall–Kier alpha value is -4.71. The van der Waals surface area contributed by atoms with Crippen LogP contribution in [0.2, 0.25) is 10.0 Å². The van der Waals surface area contributed by atoms with Crippen molar-refractivity contribution < 1.29 is 8.78 Å². The predicted octanol–water partition coefficient (Wildman–Crippen LogP) is 6.18. The molecule has 0 bridgehead atoms. The van der Waals surface area contributed by atoms with Crippen LogP contribution < -0.4 is 10.6 Å². The van der Waals surface area contributed by atoms with Gasteiger partial charge >= 0.3 is 0 Å². The Labute approximate surface area is 249 Å². The Morgan fingerprint density at radius 3 is 2.57 bits per heavy atom. The summed E-state index contributed by atoms with van der Waals surface area (Å²) < 4.78 is 31.4. The third-order valence-corrected chi connectivity index (χ3v) is 7.83. The number of nitriles is 2. The number of nitrogens with one attached hydrogen (secondary N) is 2. The van der Waals surface area contributed by atoms with Crippen LogP contribution in [0.5, 0.6) is 0 Å². The highest BCUT2D eigenvalue weighted by molar-refractivity contribution is 6.36. The van der Waals surface area contributed by atoms with E-state index in [1.807, 2.05) is 30.9 Å². The SMILES string of the molecule is BC(Nc1cc(Cl)c2ncc(C#N)c(Nc3c(F)ccc(Cl)c3F)c2c1)(c1cccc(C#N)c1)c1cn(C2CC2)nn1. The van der Waals surface area contributed by atoms with Crippen molar-refractivity contribution >= 4 is 59.0 Å². The number of anilines is 3. The first-order valence-electron chi connectivity index (χ1n) is 12.9. The zero-order valence-electron chi connectivity index (χ0n) is 22.0. The number of benzene rings is 3. The molecular weight excluding hydrogens is 580 g/mol. The second-order valence-electron chi connectivity index (χ2n) is 10.1. The largest absolute Gasteiger partial charge is 0.378 e. The van der Waals surface area contributed by atoms with Crippen molar-refractivity contribution in [2.24, 2.45) is 0 Å². The number of hydrogen-bond acceptors (Lipinski definition) is 7. The molecule has 0 aliphatic heterocycles. The monoisotopic (exact) mass is 598 g/mol. The van der Waals surface area contributed by atoms with Crippen molar-refractivity contribution in [3.05, 3.63) is 105 Å². The summed E-state index contributed by atoms with van der Waals surface area (Å²) in [5.74, 6) is -1.90. The van der Waals surface area contributed by atoms with Crippen LogP contribution in [0.25, 0.3) is 10.9 Å². The van der Waals surface area contributed by atoms with E-state index < -0.39 is 22.8 Å². The molecule has 1 unspecified atom stereocenters. The van der Waals surface area contributed by atoms with E-state index in [1.165, 1.54) is 6.20 Å². The molecule has 1 atom stereocenters. The smallest absolute Gasteiger partial charge is 0.168 e. The van der Waals surface area contributed by atoms with Crippen molar-refractivity contribution in [3.63, 3.8) is 0 Å². The first kappa shape index (κ1) is 27.5. The third kappa shape index (κ3) is 4.87. The van der Waals surface area contributed by atoms with Crippen molar-refractivity contribution in [2.75, 3.05) is 10.6 Å². The fourth-order valence-electron chi connectivity index (χ4n) is 4.81. The highest BCUT2D eigenvalue weighted by Gasteiger charge is 2.35. The lowest BCUT2D eigenvalue weighted by Crippen LogP contribution is -2.38. The van der Waals surface area contributed by atoms with E-state index >= 15 is 0 Å². The first-order valence-corrected chi connectivity index (χ1v) is 13.6. The Kier molecular flexibility index (Phi) is 6.93. The summed E-state index contributed by atoms with van der Waals surface area (Å²) in [4.78, 5) is 4.32. The van der Waals surface area contributed by atoms with Crippen molar-refractivity contribution in [3.8, 4) is 12.1 Å². The van der Waals surface area contributed by atoms with Crippen molar-refractivity contribution in [1.29, 1.82) is 10.5 Å². The minimum Gasteiger partial charge on any atom is -0.378 e. The molecule has 1 fully saturated rings. The van der Waals surface area contributed by atoms with Gasteiger partial charge in [-0.25, -0.2) is 13.5 Å². The molecule has 5 aromatic rings. The average Bonchev–Trinajstić information content (AvgIpc) is 3.72. The van der Waals surface area contributed by atoms with E-state index in [2.05, 4.69) is 32.0 Å². The van der Waals surface area contributed by atoms with Crippen LogP contribution >= 0.6 is 23.2 Å². The Morgan fingerprint density at radius 2 is 1.83 bits per heavy atom. The molecule has 1 aliphatic rings. The van der Waals surface area contributed by atoms with Gasteiger partial charge in [0.15, 0.2) is 5.82 Å². The van der Waals surface area contributed by atoms with Crippen LogP contribution in [0.4, 0.5) is 25.8 Å². The van der Waals surface area contributed by atoms with Crippen LogP contribution in [0.3, 0.4) is 0 Å². The minimum atomic E-state index is -1.01. The second-order valence-corrected chi connectivity index (χ2v) is 10.9. The van der Waals surface area contributed by atoms with Gasteiger partial charge in [0.2, 0.25) is 0 Å². The molecule has 3 aromatic carbocycles. The number of pyridine rings is 1. The lowest BCUT2D eigenvalue weighted by molar-refractivity contribution is 0.591. The number of hydrogen-bond donors (Lipinski definition) is 2. The van der Waals surface area contributed by atoms with Crippen LogP contribution in [-0.2, 0) is 5.44 Å². The molecule has 0 amide bonds. The molecule has 6 rings (SSSR count). The molecule has 2 aromatic heterocycles. The van der Waals surface area contributed by atoms with E-state index in [0.29, 0.717) is 33.9 Å². The summed E-state index contributed by atoms with van der Waals surface area (Å²) >= 11 is 12.6. The summed E-state index contributed by atoms with van der Waals surface area (Å²) in [5.41, 5.74) is 1.23. The molecule has 8 nitrogen and oxygen atoms in total. The summed E-state index contributed by atoms with van der Waals surface area (Å²) in [5, 5.41) is 34.7. The van der Waals surface area contributed by atoms with Crippen LogP contribution in [0.15, 0.2) is 60.9 Å². The van der Waals surface area contributed by atoms with Gasteiger partial charge < -0.3 is 10.6 Å². The molecule has 2 heterocycles. The lowest BCUT2D eigenvalue weighted by atomic mass is 9.69. The zero-order valence-corrected chi connectivity index (χ0v) is 23.5. The van der Waals surface area contributed by atoms with Gasteiger partial charge in [-0.3, -0.25) is 4.98 Å². The maximum atomic E-state index is 14.9. The van der Waals surface area contributed by atoms with Gasteiger partial charge in [0.25, 0.3) is 0 Å². The molecule has 2 N–H and O–H groups in total. The van der Waals surface area contributed by atoms with Crippen molar-refractivity contribution in [2.45, 2.75) is 24.3 Å². The molecule has 0 spiro atoms. The molecule has 13 heteroatoms. The summed E-state index contributed by atoms with van der Waals surface area (Å²) in [6, 6.07) is 17.1. The maximum absolute atomic E-state index is 14.9. The Bertz CT molecular complexity index is 1960. The average molecular weight is 599 g/mol. The fraction of sp³-hybridized carbons (Fsp3) is 0.138. The number of aromatic nitrogens is 4. The van der Waals surface area contributed by atoms with E-state index in [9.17, 15) is 19.3 Å². The van der Waals surface area contributed by atoms with Gasteiger partial charge in [-0.2, -0.15) is 10.5 Å². The van der Waals surface area contributed by atoms with E-state index in [4.69, 9.17) is 23.2 Å². The van der Waals surface area contributed by atoms with Gasteiger partial charge in [-0.05, 0) is 54.8 Å². The molecule has 1 aliphatic carbocycles. The molecule has 1 saturated carbocycles. The molecule has 206 valence electrons. The fourth-order valence-corrected chi connectivity index (χ4v) is 5.24. The van der Waals surface area contributed by atoms with Crippen LogP contribution in [0, 0.1) is 34.3 Å². The van der Waals surface area contributed by atoms with Crippen LogP contribution in [0.1, 0.15) is 41.3 Å². The highest BCUT2D eigenvalue weighted by atomic mass is 35.5. The Balaban J connectivity index is 1.51. The number of nitrogens with zero attached hydrogens (tertiary/aromatic N) is 6. The van der Waals surface area contributed by atoms with Crippen LogP contribution in [-0.4, -0.2) is 27.8 Å². The molecular formula is C29H19BCl2F2N8. The second kappa shape index (κ2) is 10.6. The molecule has 42 heavy (non-hydrogen) atoms. The maximum Gasteiger partial charge on any atom is 0.168 e. The Morgan fingerprint density at radius 1 is 1.02 bits per heavy atom. The van der Waals surface area contributed by atoms with E-state index in [1.54, 1.807) is 30.3 Å². The summed E-state index contributed by atoms with van der Waals surface area (Å²) in [6.07, 6.45) is 5.20. The van der Waals surface area contributed by atoms with Gasteiger partial charge in [-0.15, -0.1) is 5.10 Å². The van der Waals surface area contributed by atoms with E-state index in [-0.39, 0.29) is 21.3 Å². The first-order chi connectivity index (χ1) is 20.2. The number of halogens is 4. The predicted molar refractivity (Wildman–Crippen MR) is 159 cm³/mol. The van der Waals surface area contributed by atoms with Gasteiger partial charge in [0, 0.05) is 17.3 Å². The normalized spacial score (nSPS) is 14.1. The molecule has 0 radical (unpaired) electrons. The van der Waals surface area contributed by atoms with Gasteiger partial charge in [0.05, 0.1) is 56.1 Å². The summed E-state index contributed by atoms with van der Waals surface area (Å²) in [7, 11) is 1.91. The molecule has 0 saturated heterocycles. The summed E-state index contributed by atoms with van der Waals surface area (Å²) in [6.45, 7) is 0. The zero-order chi connectivity index (χ0) is 29.6. The standard InChI is InChI=1S/C29H19BCl2F2N8/c30-29(17-3-1-2-15(8-17)11-35,24-14-42(41-40-24)19-4-5-19)39-18-9-20-26(16(12-36)13-37-27(20)22(32)10-18)38-28-23(33)7-6-21(31)25(28)34/h1-3,6-10,13-14,19,39H,4-5,30H2,(H,37,38).